The molecular formula is C56H60N4O10S3. The van der Waals surface area contributed by atoms with Crippen molar-refractivity contribution >= 4 is 84.2 Å². The number of fused-ring (bicyclic) bond motifs is 8. The Bertz CT molecular complexity index is 3120. The van der Waals surface area contributed by atoms with Crippen LogP contribution in [-0.4, -0.2) is 80.2 Å². The van der Waals surface area contributed by atoms with Gasteiger partial charge in [0.05, 0.1) is 31.5 Å². The van der Waals surface area contributed by atoms with Crippen LogP contribution in [0.4, 0.5) is 22.7 Å². The molecule has 4 aliphatic rings. The van der Waals surface area contributed by atoms with Gasteiger partial charge in [0.15, 0.2) is 17.3 Å². The van der Waals surface area contributed by atoms with E-state index in [1.807, 2.05) is 116 Å². The van der Waals surface area contributed by atoms with Gasteiger partial charge >= 0.3 is 0 Å². The summed E-state index contributed by atoms with van der Waals surface area (Å²) in [7, 11) is 1.64. The molecule has 3 amide bonds. The van der Waals surface area contributed by atoms with Crippen molar-refractivity contribution < 1.29 is 46.0 Å². The van der Waals surface area contributed by atoms with Crippen molar-refractivity contribution in [2.45, 2.75) is 114 Å². The van der Waals surface area contributed by atoms with E-state index >= 15 is 0 Å². The molecule has 9 rings (SSSR count). The molecule has 5 aromatic rings. The predicted octanol–water partition coefficient (Wildman–Crippen LogP) is 10.6. The number of aliphatic imine (C=N–C) groups is 1. The first-order chi connectivity index (χ1) is 35.1. The first-order valence-corrected chi connectivity index (χ1v) is 28.4. The molecule has 0 spiro atoms. The zero-order valence-electron chi connectivity index (χ0n) is 41.9. The molecule has 0 aromatic heterocycles. The molecule has 0 radical (unpaired) electrons. The maximum absolute atomic E-state index is 14.1. The van der Waals surface area contributed by atoms with Crippen molar-refractivity contribution in [3.8, 4) is 17.2 Å². The van der Waals surface area contributed by atoms with Gasteiger partial charge in [-0.1, -0.05) is 64.9 Å². The molecule has 382 valence electrons. The van der Waals surface area contributed by atoms with E-state index < -0.39 is 15.4 Å². The fourth-order valence-corrected chi connectivity index (χ4v) is 14.0. The molecule has 3 atom stereocenters. The van der Waals surface area contributed by atoms with Crippen LogP contribution in [0.5, 0.6) is 17.2 Å². The van der Waals surface area contributed by atoms with Crippen molar-refractivity contribution in [2.75, 3.05) is 35.1 Å². The van der Waals surface area contributed by atoms with Crippen molar-refractivity contribution in [3.63, 3.8) is 0 Å². The third-order valence-corrected chi connectivity index (χ3v) is 19.0. The Balaban J connectivity index is 0.914. The van der Waals surface area contributed by atoms with Gasteiger partial charge in [0.25, 0.3) is 21.9 Å². The summed E-state index contributed by atoms with van der Waals surface area (Å²) >= 11 is 0. The fourth-order valence-electron chi connectivity index (χ4n) is 10.1. The normalized spacial score (nSPS) is 17.1. The Labute approximate surface area is 435 Å². The molecule has 17 heteroatoms. The number of hydrogen-bond acceptors (Lipinski definition) is 13. The number of methoxy groups -OCH3 is 1. The summed E-state index contributed by atoms with van der Waals surface area (Å²) in [4.78, 5) is 62.8. The van der Waals surface area contributed by atoms with Crippen LogP contribution in [0, 0.1) is 6.92 Å². The fraction of sp³-hybridized carbons (Fsp3) is 0.375. The third-order valence-electron chi connectivity index (χ3n) is 13.9. The number of ether oxygens (including phenoxy) is 3. The summed E-state index contributed by atoms with van der Waals surface area (Å²) in [5.41, 5.74) is 9.49. The van der Waals surface area contributed by atoms with E-state index in [1.54, 1.807) is 30.9 Å². The molecule has 4 heterocycles. The van der Waals surface area contributed by atoms with Gasteiger partial charge < -0.3 is 24.4 Å². The first-order valence-electron chi connectivity index (χ1n) is 24.6. The van der Waals surface area contributed by atoms with Gasteiger partial charge in [0.1, 0.15) is 24.2 Å². The number of nitrogens with one attached hydrogen (secondary N) is 1. The van der Waals surface area contributed by atoms with Crippen molar-refractivity contribution in [1.82, 2.24) is 0 Å². The molecule has 1 N–H and O–H groups in total. The number of rotatable bonds is 20. The lowest BCUT2D eigenvalue weighted by Gasteiger charge is -2.23. The molecule has 0 fully saturated rings. The number of benzene rings is 5. The second-order valence-corrected chi connectivity index (χ2v) is 24.4. The summed E-state index contributed by atoms with van der Waals surface area (Å²) in [6.07, 6.45) is 5.79. The highest BCUT2D eigenvalue weighted by molar-refractivity contribution is 8.77. The lowest BCUT2D eigenvalue weighted by Crippen LogP contribution is -2.37. The number of hydrogen-bond donors (Lipinski definition) is 1. The van der Waals surface area contributed by atoms with Crippen LogP contribution in [0.3, 0.4) is 0 Å². The molecule has 0 bridgehead atoms. The monoisotopic (exact) mass is 1040 g/mol. The first kappa shape index (κ1) is 51.7. The molecule has 0 saturated heterocycles. The molecule has 14 nitrogen and oxygen atoms in total. The number of nitrogens with zero attached hydrogens (tertiary/aromatic N) is 3. The number of carbonyl (C=O) groups excluding carboxylic acids is 4. The molecule has 0 saturated carbocycles. The molecule has 5 aromatic carbocycles. The summed E-state index contributed by atoms with van der Waals surface area (Å²) < 4.78 is 48.0. The number of aryl methyl sites for hydroxylation is 2. The quantitative estimate of drug-likeness (QED) is 0.0445. The Morgan fingerprint density at radius 3 is 2.19 bits per heavy atom. The molecule has 0 aliphatic carbocycles. The lowest BCUT2D eigenvalue weighted by atomic mass is 9.99. The molecule has 1 unspecified atom stereocenters. The van der Waals surface area contributed by atoms with E-state index in [1.165, 1.54) is 16.4 Å². The van der Waals surface area contributed by atoms with E-state index in [-0.39, 0.29) is 72.8 Å². The SMILES string of the molecule is CCC(=O)C(CCSSC(C)(C)CCC(=O)Nc1cc(COc2cc3c(cc2C)C(=O)N2c4ccccc4C[C@H]2C=N3)cc(COc2cc3c(cc2OC)C(=O)N2c4ccccc4C[C@H]2CC3)c1)S(=O)(=O)OC. The van der Waals surface area contributed by atoms with Crippen LogP contribution < -0.4 is 29.3 Å². The Morgan fingerprint density at radius 2 is 1.49 bits per heavy atom. The topological polar surface area (TPSA) is 170 Å². The highest BCUT2D eigenvalue weighted by Crippen LogP contribution is 2.43. The van der Waals surface area contributed by atoms with Crippen molar-refractivity contribution in [2.24, 2.45) is 4.99 Å². The average Bonchev–Trinajstić information content (AvgIpc) is 3.87. The summed E-state index contributed by atoms with van der Waals surface area (Å²) in [5, 5.41) is 1.88. The van der Waals surface area contributed by atoms with Crippen LogP contribution in [0.2, 0.25) is 0 Å². The summed E-state index contributed by atoms with van der Waals surface area (Å²) in [5.74, 6) is 1.17. The number of carbonyl (C=O) groups is 4. The van der Waals surface area contributed by atoms with Crippen LogP contribution in [0.1, 0.15) is 107 Å². The number of Topliss-reactive ketones (excluding diaryl/α,β-unsaturated/α-hetero) is 1. The minimum atomic E-state index is -4.00. The van der Waals surface area contributed by atoms with Gasteiger partial charge in [-0.2, -0.15) is 8.42 Å². The number of para-hydroxylation sites is 2. The second-order valence-electron chi connectivity index (χ2n) is 19.4. The minimum absolute atomic E-state index is 0.0517. The number of anilines is 3. The second kappa shape index (κ2) is 21.8. The van der Waals surface area contributed by atoms with Gasteiger partial charge in [-0.05, 0) is 135 Å². The lowest BCUT2D eigenvalue weighted by molar-refractivity contribution is -0.118. The van der Waals surface area contributed by atoms with Gasteiger partial charge in [-0.25, -0.2) is 0 Å². The zero-order valence-corrected chi connectivity index (χ0v) is 44.3. The van der Waals surface area contributed by atoms with Crippen LogP contribution >= 0.6 is 21.6 Å². The van der Waals surface area contributed by atoms with Crippen LogP contribution in [-0.2, 0) is 56.4 Å². The van der Waals surface area contributed by atoms with Gasteiger partial charge in [0.2, 0.25) is 5.91 Å². The molecule has 73 heavy (non-hydrogen) atoms. The Kier molecular flexibility index (Phi) is 15.4. The molecular weight excluding hydrogens is 985 g/mol. The maximum Gasteiger partial charge on any atom is 0.277 e. The highest BCUT2D eigenvalue weighted by Gasteiger charge is 2.39. The smallest absolute Gasteiger partial charge is 0.277 e. The van der Waals surface area contributed by atoms with Gasteiger partial charge in [0, 0.05) is 70.7 Å². The Morgan fingerprint density at radius 1 is 0.822 bits per heavy atom. The largest absolute Gasteiger partial charge is 0.493 e. The third kappa shape index (κ3) is 11.2. The van der Waals surface area contributed by atoms with Gasteiger partial charge in [-0.15, -0.1) is 0 Å². The average molecular weight is 1050 g/mol. The predicted molar refractivity (Wildman–Crippen MR) is 289 cm³/mol. The van der Waals surface area contributed by atoms with E-state index in [2.05, 4.69) is 15.6 Å². The van der Waals surface area contributed by atoms with Crippen LogP contribution in [0.15, 0.2) is 96.0 Å². The van der Waals surface area contributed by atoms with E-state index in [9.17, 15) is 27.6 Å². The van der Waals surface area contributed by atoms with Crippen LogP contribution in [0.25, 0.3) is 0 Å². The summed E-state index contributed by atoms with van der Waals surface area (Å²) in [6, 6.07) is 28.9. The Hall–Kier alpha value is -6.14. The highest BCUT2D eigenvalue weighted by atomic mass is 33.1. The van der Waals surface area contributed by atoms with Crippen molar-refractivity contribution in [1.29, 1.82) is 0 Å². The maximum atomic E-state index is 14.1. The standard InChI is InChI=1S/C56H60N4O10S3/c1-7-48(61)52(73(65,66)68-6)19-21-71-72-56(3,4)20-18-53(62)58-40-24-35(32-69-49-30-45-44(22-34(49)2)55(64)60-42(31-57-45)27-39-13-9-11-15-47(39)60)23-36(25-40)33-70-51-28-37-16-17-41-26-38-12-8-10-14-46(38)59(41)54(63)43(37)29-50(51)67-5/h8-15,22-25,28-31,41-42,52H,7,16-21,26-27,32-33H2,1-6H3,(H,58,62)/t41-,42+,52?/m1/s1. The number of ketones is 1. The van der Waals surface area contributed by atoms with E-state index in [0.29, 0.717) is 64.8 Å². The number of amides is 3. The summed E-state index contributed by atoms with van der Waals surface area (Å²) in [6.45, 7) is 7.81. The van der Waals surface area contributed by atoms with E-state index in [4.69, 9.17) is 19.2 Å². The van der Waals surface area contributed by atoms with Gasteiger partial charge in [-0.3, -0.25) is 33.3 Å². The molecule has 4 aliphatic heterocycles. The minimum Gasteiger partial charge on any atom is -0.493 e. The van der Waals surface area contributed by atoms with E-state index in [0.717, 1.165) is 59.1 Å². The van der Waals surface area contributed by atoms with Crippen molar-refractivity contribution in [3.05, 3.63) is 136 Å². The zero-order chi connectivity index (χ0) is 51.6.